The molecule has 0 aromatic carbocycles. The molecule has 0 bridgehead atoms. The van der Waals surface area contributed by atoms with Crippen LogP contribution in [0.25, 0.3) is 0 Å². The van der Waals surface area contributed by atoms with Gasteiger partial charge in [0.25, 0.3) is 0 Å². The Morgan fingerprint density at radius 2 is 2.32 bits per heavy atom. The van der Waals surface area contributed by atoms with Crippen molar-refractivity contribution >= 4 is 11.3 Å². The van der Waals surface area contributed by atoms with Gasteiger partial charge in [-0.15, -0.1) is 0 Å². The van der Waals surface area contributed by atoms with Gasteiger partial charge in [-0.1, -0.05) is 6.92 Å². The predicted molar refractivity (Wildman–Crippen MR) is 84.9 cm³/mol. The molecule has 0 aliphatic carbocycles. The van der Waals surface area contributed by atoms with Crippen molar-refractivity contribution in [1.29, 1.82) is 0 Å². The van der Waals surface area contributed by atoms with E-state index in [2.05, 4.69) is 47.8 Å². The van der Waals surface area contributed by atoms with E-state index in [1.807, 2.05) is 0 Å². The number of likely N-dealkylation sites (tertiary alicyclic amines) is 1. The first-order valence-corrected chi connectivity index (χ1v) is 8.62. The Labute approximate surface area is 122 Å². The summed E-state index contributed by atoms with van der Waals surface area (Å²) >= 11 is 1.80. The molecule has 2 heterocycles. The van der Waals surface area contributed by atoms with Crippen molar-refractivity contribution < 1.29 is 0 Å². The molecule has 1 aromatic rings. The van der Waals surface area contributed by atoms with Gasteiger partial charge in [-0.2, -0.15) is 11.3 Å². The normalized spacial score (nSPS) is 24.3. The summed E-state index contributed by atoms with van der Waals surface area (Å²) in [6.07, 6.45) is 3.90. The largest absolute Gasteiger partial charge is 0.311 e. The Morgan fingerprint density at radius 3 is 3.00 bits per heavy atom. The molecule has 0 radical (unpaired) electrons. The molecule has 1 saturated heterocycles. The van der Waals surface area contributed by atoms with E-state index in [4.69, 9.17) is 0 Å². The van der Waals surface area contributed by atoms with E-state index >= 15 is 0 Å². The number of hydrogen-bond donors (Lipinski definition) is 1. The fourth-order valence-electron chi connectivity index (χ4n) is 3.19. The average molecular weight is 280 g/mol. The highest BCUT2D eigenvalue weighted by Crippen LogP contribution is 2.20. The first-order valence-electron chi connectivity index (χ1n) is 7.68. The third kappa shape index (κ3) is 4.59. The number of hydrogen-bond acceptors (Lipinski definition) is 3. The topological polar surface area (TPSA) is 15.3 Å². The van der Waals surface area contributed by atoms with E-state index in [-0.39, 0.29) is 0 Å². The summed E-state index contributed by atoms with van der Waals surface area (Å²) in [6, 6.07) is 3.44. The van der Waals surface area contributed by atoms with Crippen LogP contribution in [0.15, 0.2) is 16.8 Å². The lowest BCUT2D eigenvalue weighted by Gasteiger charge is -2.36. The number of nitrogens with zero attached hydrogens (tertiary/aromatic N) is 1. The van der Waals surface area contributed by atoms with Gasteiger partial charge in [0, 0.05) is 18.6 Å². The minimum Gasteiger partial charge on any atom is -0.311 e. The summed E-state index contributed by atoms with van der Waals surface area (Å²) in [5.41, 5.74) is 1.47. The van der Waals surface area contributed by atoms with Gasteiger partial charge in [0.15, 0.2) is 0 Å². The van der Waals surface area contributed by atoms with Crippen LogP contribution in [-0.4, -0.2) is 36.6 Å². The summed E-state index contributed by atoms with van der Waals surface area (Å²) in [4.78, 5) is 2.59. The summed E-state index contributed by atoms with van der Waals surface area (Å²) in [5, 5.41) is 8.25. The zero-order valence-electron chi connectivity index (χ0n) is 12.6. The van der Waals surface area contributed by atoms with Crippen LogP contribution in [-0.2, 0) is 6.42 Å². The highest BCUT2D eigenvalue weighted by Gasteiger charge is 2.24. The van der Waals surface area contributed by atoms with E-state index in [9.17, 15) is 0 Å². The van der Waals surface area contributed by atoms with Crippen molar-refractivity contribution in [2.45, 2.75) is 52.1 Å². The number of thiophene rings is 1. The lowest BCUT2D eigenvalue weighted by molar-refractivity contribution is 0.153. The monoisotopic (exact) mass is 280 g/mol. The molecule has 2 rings (SSSR count). The molecule has 3 atom stereocenters. The highest BCUT2D eigenvalue weighted by molar-refractivity contribution is 7.07. The van der Waals surface area contributed by atoms with Crippen LogP contribution in [0.3, 0.4) is 0 Å². The van der Waals surface area contributed by atoms with Gasteiger partial charge in [-0.25, -0.2) is 0 Å². The minimum absolute atomic E-state index is 0.571. The van der Waals surface area contributed by atoms with Crippen LogP contribution in [0, 0.1) is 5.92 Å². The molecular formula is C16H28N2S. The molecule has 1 N–H and O–H groups in total. The molecule has 2 nitrogen and oxygen atoms in total. The molecule has 108 valence electrons. The van der Waals surface area contributed by atoms with E-state index in [1.54, 1.807) is 11.3 Å². The smallest absolute Gasteiger partial charge is 0.00820 e. The predicted octanol–water partition coefficient (Wildman–Crippen LogP) is 3.39. The van der Waals surface area contributed by atoms with Gasteiger partial charge in [0.1, 0.15) is 0 Å². The van der Waals surface area contributed by atoms with Crippen molar-refractivity contribution in [3.05, 3.63) is 22.4 Å². The highest BCUT2D eigenvalue weighted by atomic mass is 32.1. The second kappa shape index (κ2) is 7.41. The van der Waals surface area contributed by atoms with Crippen molar-refractivity contribution in [2.75, 3.05) is 19.6 Å². The summed E-state index contributed by atoms with van der Waals surface area (Å²) < 4.78 is 0. The number of nitrogens with one attached hydrogen (secondary N) is 1. The quantitative estimate of drug-likeness (QED) is 0.859. The maximum Gasteiger partial charge on any atom is 0.00820 e. The van der Waals surface area contributed by atoms with Gasteiger partial charge < -0.3 is 10.2 Å². The molecule has 3 heteroatoms. The zero-order valence-corrected chi connectivity index (χ0v) is 13.4. The molecule has 1 aliphatic rings. The van der Waals surface area contributed by atoms with E-state index in [0.29, 0.717) is 12.1 Å². The maximum absolute atomic E-state index is 3.81. The summed E-state index contributed by atoms with van der Waals surface area (Å²) in [5.74, 6) is 0.818. The van der Waals surface area contributed by atoms with E-state index < -0.39 is 0 Å². The molecule has 0 amide bonds. The van der Waals surface area contributed by atoms with Crippen LogP contribution in [0.1, 0.15) is 39.2 Å². The Hall–Kier alpha value is -0.380. The fourth-order valence-corrected chi connectivity index (χ4v) is 3.87. The lowest BCUT2D eigenvalue weighted by Crippen LogP contribution is -2.47. The van der Waals surface area contributed by atoms with E-state index in [0.717, 1.165) is 12.3 Å². The summed E-state index contributed by atoms with van der Waals surface area (Å²) in [7, 11) is 0. The average Bonchev–Trinajstić information content (AvgIpc) is 2.91. The van der Waals surface area contributed by atoms with Crippen molar-refractivity contribution in [1.82, 2.24) is 10.2 Å². The van der Waals surface area contributed by atoms with Crippen molar-refractivity contribution in [2.24, 2.45) is 5.92 Å². The zero-order chi connectivity index (χ0) is 13.7. The Morgan fingerprint density at radius 1 is 1.47 bits per heavy atom. The molecule has 0 spiro atoms. The molecule has 0 saturated carbocycles. The lowest BCUT2D eigenvalue weighted by atomic mass is 9.91. The van der Waals surface area contributed by atoms with Crippen LogP contribution in [0.4, 0.5) is 0 Å². The molecule has 1 aliphatic heterocycles. The van der Waals surface area contributed by atoms with Gasteiger partial charge in [0.2, 0.25) is 0 Å². The molecule has 1 fully saturated rings. The minimum atomic E-state index is 0.571. The van der Waals surface area contributed by atoms with Crippen molar-refractivity contribution in [3.63, 3.8) is 0 Å². The van der Waals surface area contributed by atoms with Crippen LogP contribution < -0.4 is 5.32 Å². The number of rotatable bonds is 6. The Balaban J connectivity index is 1.77. The Bertz CT molecular complexity index is 350. The second-order valence-electron chi connectivity index (χ2n) is 5.99. The van der Waals surface area contributed by atoms with Gasteiger partial charge >= 0.3 is 0 Å². The third-order valence-electron chi connectivity index (χ3n) is 4.37. The molecule has 1 aromatic heterocycles. The van der Waals surface area contributed by atoms with Crippen LogP contribution in [0.2, 0.25) is 0 Å². The van der Waals surface area contributed by atoms with Crippen LogP contribution >= 0.6 is 11.3 Å². The maximum atomic E-state index is 3.81. The van der Waals surface area contributed by atoms with Gasteiger partial charge in [0.05, 0.1) is 0 Å². The third-order valence-corrected chi connectivity index (χ3v) is 5.10. The first-order chi connectivity index (χ1) is 9.19. The van der Waals surface area contributed by atoms with Gasteiger partial charge in [-0.05, 0) is 74.5 Å². The molecule has 3 unspecified atom stereocenters. The molecular weight excluding hydrogens is 252 g/mol. The Kier molecular flexibility index (Phi) is 5.86. The summed E-state index contributed by atoms with van der Waals surface area (Å²) in [6.45, 7) is 10.7. The van der Waals surface area contributed by atoms with Crippen LogP contribution in [0.5, 0.6) is 0 Å². The standard InChI is InChI=1S/C16H28N2S/c1-4-18-8-5-6-16(11-18)14(3)17-13(2)10-15-7-9-19-12-15/h7,9,12-14,16-17H,4-6,8,10-11H2,1-3H3. The van der Waals surface area contributed by atoms with E-state index in [1.165, 1.54) is 38.0 Å². The molecule has 19 heavy (non-hydrogen) atoms. The first kappa shape index (κ1) is 15.0. The van der Waals surface area contributed by atoms with Crippen molar-refractivity contribution in [3.8, 4) is 0 Å². The fraction of sp³-hybridized carbons (Fsp3) is 0.750. The SMILES string of the molecule is CCN1CCCC(C(C)NC(C)Cc2ccsc2)C1. The number of piperidine rings is 1. The van der Waals surface area contributed by atoms with Gasteiger partial charge in [-0.3, -0.25) is 0 Å². The second-order valence-corrected chi connectivity index (χ2v) is 6.77.